The van der Waals surface area contributed by atoms with Gasteiger partial charge in [0.25, 0.3) is 0 Å². The van der Waals surface area contributed by atoms with Crippen molar-refractivity contribution in [1.29, 1.82) is 0 Å². The van der Waals surface area contributed by atoms with Crippen molar-refractivity contribution in [1.82, 2.24) is 0 Å². The molecule has 134 valence electrons. The summed E-state index contributed by atoms with van der Waals surface area (Å²) in [6.45, 7) is 0. The first-order chi connectivity index (χ1) is 11.6. The van der Waals surface area contributed by atoms with Crippen LogP contribution in [0.15, 0.2) is 64.4 Å². The van der Waals surface area contributed by atoms with Crippen molar-refractivity contribution in [3.8, 4) is 0 Å². The maximum Gasteiger partial charge on any atom is 0.417 e. The van der Waals surface area contributed by atoms with Crippen molar-refractivity contribution < 1.29 is 26.3 Å². The first kappa shape index (κ1) is 19.9. The Hall–Kier alpha value is -1.41. The highest BCUT2D eigenvalue weighted by atomic mass is 79.9. The van der Waals surface area contributed by atoms with E-state index in [0.29, 0.717) is 11.0 Å². The highest BCUT2D eigenvalue weighted by molar-refractivity contribution is 9.09. The Labute approximate surface area is 153 Å². The zero-order valence-electron chi connectivity index (χ0n) is 12.5. The molecular weight excluding hydrogens is 430 g/mol. The molecule has 0 aliphatic carbocycles. The monoisotopic (exact) mass is 440 g/mol. The van der Waals surface area contributed by atoms with Crippen LogP contribution in [0.4, 0.5) is 26.3 Å². The largest absolute Gasteiger partial charge is 0.417 e. The van der Waals surface area contributed by atoms with Gasteiger partial charge < -0.3 is 0 Å². The molecule has 2 aromatic carbocycles. The second-order valence-electron chi connectivity index (χ2n) is 4.92. The Morgan fingerprint density at radius 1 is 0.880 bits per heavy atom. The standard InChI is InChI=1S/C17H11BrF6S/c18-10-14(25-13-7-2-1-3-8-13)15(17(22,23)24)11-5-4-6-12(9-11)16(19,20)21/h1-9H,10H2/b15-14+. The van der Waals surface area contributed by atoms with Crippen molar-refractivity contribution in [3.05, 3.63) is 70.6 Å². The van der Waals surface area contributed by atoms with Crippen LogP contribution in [0, 0.1) is 0 Å². The molecule has 2 aromatic rings. The highest BCUT2D eigenvalue weighted by Crippen LogP contribution is 2.43. The molecule has 0 radical (unpaired) electrons. The first-order valence-corrected chi connectivity index (χ1v) is 8.83. The molecule has 0 aliphatic heterocycles. The fourth-order valence-electron chi connectivity index (χ4n) is 2.11. The highest BCUT2D eigenvalue weighted by Gasteiger charge is 2.39. The fourth-order valence-corrected chi connectivity index (χ4v) is 3.70. The molecule has 0 atom stereocenters. The maximum absolute atomic E-state index is 13.6. The Balaban J connectivity index is 2.59. The van der Waals surface area contributed by atoms with Gasteiger partial charge in [0.15, 0.2) is 0 Å². The molecule has 0 amide bonds. The molecule has 0 unspecified atom stereocenters. The molecule has 0 heterocycles. The van der Waals surface area contributed by atoms with Gasteiger partial charge in [-0.05, 0) is 29.8 Å². The molecule has 0 aromatic heterocycles. The predicted octanol–water partition coefficient (Wildman–Crippen LogP) is 7.17. The van der Waals surface area contributed by atoms with Crippen molar-refractivity contribution >= 4 is 33.3 Å². The first-order valence-electron chi connectivity index (χ1n) is 6.90. The summed E-state index contributed by atoms with van der Waals surface area (Å²) in [6, 6.07) is 11.6. The van der Waals surface area contributed by atoms with Crippen LogP contribution >= 0.6 is 27.7 Å². The normalized spacial score (nSPS) is 13.6. The average molecular weight is 441 g/mol. The molecule has 0 spiro atoms. The van der Waals surface area contributed by atoms with Crippen LogP contribution in [0.2, 0.25) is 0 Å². The van der Waals surface area contributed by atoms with Crippen LogP contribution < -0.4 is 0 Å². The van der Waals surface area contributed by atoms with Crippen molar-refractivity contribution in [2.75, 3.05) is 5.33 Å². The van der Waals surface area contributed by atoms with Crippen LogP contribution in [0.3, 0.4) is 0 Å². The number of hydrogen-bond acceptors (Lipinski definition) is 1. The molecular formula is C17H11BrF6S. The third-order valence-electron chi connectivity index (χ3n) is 3.15. The van der Waals surface area contributed by atoms with Crippen LogP contribution in [0.5, 0.6) is 0 Å². The third-order valence-corrected chi connectivity index (χ3v) is 5.18. The number of rotatable bonds is 4. The fraction of sp³-hybridized carbons (Fsp3) is 0.176. The minimum Gasteiger partial charge on any atom is -0.166 e. The van der Waals surface area contributed by atoms with Crippen LogP contribution in [-0.4, -0.2) is 11.5 Å². The Morgan fingerprint density at radius 3 is 2.04 bits per heavy atom. The molecule has 0 saturated carbocycles. The van der Waals surface area contributed by atoms with Gasteiger partial charge in [-0.2, -0.15) is 26.3 Å². The summed E-state index contributed by atoms with van der Waals surface area (Å²) >= 11 is 3.88. The molecule has 0 N–H and O–H groups in total. The van der Waals surface area contributed by atoms with E-state index in [0.717, 1.165) is 30.0 Å². The summed E-state index contributed by atoms with van der Waals surface area (Å²) in [7, 11) is 0. The molecule has 0 saturated heterocycles. The lowest BCUT2D eigenvalue weighted by Crippen LogP contribution is -2.14. The second-order valence-corrected chi connectivity index (χ2v) is 6.65. The number of thioether (sulfide) groups is 1. The topological polar surface area (TPSA) is 0 Å². The van der Waals surface area contributed by atoms with Gasteiger partial charge in [0.2, 0.25) is 0 Å². The van der Waals surface area contributed by atoms with Gasteiger partial charge in [-0.3, -0.25) is 0 Å². The zero-order chi connectivity index (χ0) is 18.7. The summed E-state index contributed by atoms with van der Waals surface area (Å²) < 4.78 is 79.3. The maximum atomic E-state index is 13.6. The lowest BCUT2D eigenvalue weighted by molar-refractivity contribution is -0.137. The molecule has 8 heteroatoms. The molecule has 2 rings (SSSR count). The van der Waals surface area contributed by atoms with Crippen molar-refractivity contribution in [3.63, 3.8) is 0 Å². The van der Waals surface area contributed by atoms with Crippen molar-refractivity contribution in [2.45, 2.75) is 17.2 Å². The number of hydrogen-bond donors (Lipinski definition) is 0. The molecule has 0 aliphatic rings. The number of halogens is 7. The van der Waals surface area contributed by atoms with Crippen LogP contribution in [0.1, 0.15) is 11.1 Å². The smallest absolute Gasteiger partial charge is 0.166 e. The van der Waals surface area contributed by atoms with Gasteiger partial charge in [-0.1, -0.05) is 58.0 Å². The summed E-state index contributed by atoms with van der Waals surface area (Å²) in [5.74, 6) is 0. The molecule has 0 nitrogen and oxygen atoms in total. The van der Waals surface area contributed by atoms with Crippen molar-refractivity contribution in [2.24, 2.45) is 0 Å². The van der Waals surface area contributed by atoms with E-state index in [2.05, 4.69) is 15.9 Å². The number of benzene rings is 2. The summed E-state index contributed by atoms with van der Waals surface area (Å²) in [5.41, 5.74) is -2.71. The van der Waals surface area contributed by atoms with E-state index >= 15 is 0 Å². The van der Waals surface area contributed by atoms with Crippen LogP contribution in [0.25, 0.3) is 5.57 Å². The van der Waals surface area contributed by atoms with E-state index in [-0.39, 0.29) is 10.2 Å². The van der Waals surface area contributed by atoms with Gasteiger partial charge in [0.05, 0.1) is 11.1 Å². The third kappa shape index (κ3) is 5.28. The van der Waals surface area contributed by atoms with E-state index in [9.17, 15) is 26.3 Å². The Kier molecular flexibility index (Phi) is 6.26. The molecule has 0 bridgehead atoms. The van der Waals surface area contributed by atoms with E-state index in [1.165, 1.54) is 0 Å². The summed E-state index contributed by atoms with van der Waals surface area (Å²) in [6.07, 6.45) is -9.51. The van der Waals surface area contributed by atoms with Gasteiger partial charge in [-0.15, -0.1) is 0 Å². The van der Waals surface area contributed by atoms with Gasteiger partial charge in [0, 0.05) is 15.1 Å². The lowest BCUT2D eigenvalue weighted by atomic mass is 10.0. The van der Waals surface area contributed by atoms with E-state index in [1.807, 2.05) is 0 Å². The predicted molar refractivity (Wildman–Crippen MR) is 90.5 cm³/mol. The zero-order valence-corrected chi connectivity index (χ0v) is 14.9. The van der Waals surface area contributed by atoms with E-state index in [4.69, 9.17) is 0 Å². The Morgan fingerprint density at radius 2 is 1.52 bits per heavy atom. The van der Waals surface area contributed by atoms with Crippen LogP contribution in [-0.2, 0) is 6.18 Å². The minimum atomic E-state index is -4.80. The minimum absolute atomic E-state index is 0.113. The number of allylic oxidation sites excluding steroid dienone is 2. The summed E-state index contributed by atoms with van der Waals surface area (Å²) in [5, 5.41) is -0.141. The SMILES string of the molecule is FC(F)(F)/C(=C(\CBr)Sc1ccccc1)c1cccc(C(F)(F)F)c1. The second kappa shape index (κ2) is 7.86. The molecule has 0 fully saturated rings. The Bertz CT molecular complexity index is 750. The van der Waals surface area contributed by atoms with E-state index < -0.39 is 29.1 Å². The lowest BCUT2D eigenvalue weighted by Gasteiger charge is -2.18. The van der Waals surface area contributed by atoms with Gasteiger partial charge >= 0.3 is 12.4 Å². The number of alkyl halides is 7. The van der Waals surface area contributed by atoms with E-state index in [1.54, 1.807) is 30.3 Å². The quantitative estimate of drug-likeness (QED) is 0.276. The molecule has 25 heavy (non-hydrogen) atoms. The van der Waals surface area contributed by atoms with Gasteiger partial charge in [-0.25, -0.2) is 0 Å². The van der Waals surface area contributed by atoms with Gasteiger partial charge in [0.1, 0.15) is 0 Å². The summed E-state index contributed by atoms with van der Waals surface area (Å²) in [4.78, 5) is 0.448. The average Bonchev–Trinajstić information content (AvgIpc) is 2.53.